The molecule has 2 atom stereocenters. The van der Waals surface area contributed by atoms with Crippen molar-refractivity contribution in [3.63, 3.8) is 0 Å². The first-order valence-corrected chi connectivity index (χ1v) is 5.18. The Hall–Kier alpha value is -0.370. The molecule has 0 spiro atoms. The van der Waals surface area contributed by atoms with Gasteiger partial charge in [-0.05, 0) is 31.1 Å². The molecular formula is C11H21NO. The van der Waals surface area contributed by atoms with Crippen LogP contribution in [0, 0.1) is 11.3 Å². The Labute approximate surface area is 81.1 Å². The highest BCUT2D eigenvalue weighted by Crippen LogP contribution is 2.39. The number of aliphatic hydroxyl groups excluding tert-OH is 1. The van der Waals surface area contributed by atoms with Crippen molar-refractivity contribution in [2.75, 3.05) is 6.54 Å². The Bertz CT molecular complexity index is 208. The SMILES string of the molecule is CC/N=C1/C[C@H](C)C(C)(C)C[C@H]1O. The van der Waals surface area contributed by atoms with Gasteiger partial charge in [-0.25, -0.2) is 0 Å². The van der Waals surface area contributed by atoms with Crippen molar-refractivity contribution in [2.24, 2.45) is 16.3 Å². The minimum atomic E-state index is -0.300. The van der Waals surface area contributed by atoms with Crippen LogP contribution in [0.15, 0.2) is 4.99 Å². The lowest BCUT2D eigenvalue weighted by atomic mass is 9.68. The van der Waals surface area contributed by atoms with Gasteiger partial charge in [0, 0.05) is 12.3 Å². The zero-order valence-electron chi connectivity index (χ0n) is 9.17. The summed E-state index contributed by atoms with van der Waals surface area (Å²) in [6.45, 7) is 9.51. The van der Waals surface area contributed by atoms with Gasteiger partial charge in [0.1, 0.15) is 0 Å². The van der Waals surface area contributed by atoms with Crippen molar-refractivity contribution in [1.29, 1.82) is 0 Å². The molecule has 1 rings (SSSR count). The van der Waals surface area contributed by atoms with Crippen molar-refractivity contribution in [3.8, 4) is 0 Å². The van der Waals surface area contributed by atoms with Gasteiger partial charge < -0.3 is 5.11 Å². The second-order valence-electron chi connectivity index (χ2n) is 4.78. The van der Waals surface area contributed by atoms with Gasteiger partial charge in [-0.3, -0.25) is 4.99 Å². The van der Waals surface area contributed by atoms with Crippen molar-refractivity contribution >= 4 is 5.71 Å². The maximum Gasteiger partial charge on any atom is 0.0921 e. The number of hydrogen-bond acceptors (Lipinski definition) is 2. The minimum Gasteiger partial charge on any atom is -0.387 e. The van der Waals surface area contributed by atoms with Gasteiger partial charge in [-0.2, -0.15) is 0 Å². The van der Waals surface area contributed by atoms with Crippen LogP contribution in [0.25, 0.3) is 0 Å². The fourth-order valence-corrected chi connectivity index (χ4v) is 1.92. The van der Waals surface area contributed by atoms with Crippen LogP contribution in [-0.4, -0.2) is 23.5 Å². The molecule has 0 bridgehead atoms. The molecule has 2 heteroatoms. The first-order valence-electron chi connectivity index (χ1n) is 5.18. The van der Waals surface area contributed by atoms with Crippen LogP contribution in [0.3, 0.4) is 0 Å². The molecule has 0 radical (unpaired) electrons. The zero-order chi connectivity index (χ0) is 10.1. The molecule has 76 valence electrons. The van der Waals surface area contributed by atoms with E-state index in [4.69, 9.17) is 0 Å². The highest BCUT2D eigenvalue weighted by atomic mass is 16.3. The molecule has 1 aliphatic rings. The number of rotatable bonds is 1. The molecule has 1 saturated carbocycles. The predicted molar refractivity (Wildman–Crippen MR) is 56.2 cm³/mol. The molecule has 0 aromatic rings. The quantitative estimate of drug-likeness (QED) is 0.664. The van der Waals surface area contributed by atoms with Crippen LogP contribution in [0.5, 0.6) is 0 Å². The Morgan fingerprint density at radius 3 is 2.69 bits per heavy atom. The smallest absolute Gasteiger partial charge is 0.0921 e. The second kappa shape index (κ2) is 3.79. The summed E-state index contributed by atoms with van der Waals surface area (Å²) >= 11 is 0. The van der Waals surface area contributed by atoms with Crippen molar-refractivity contribution in [1.82, 2.24) is 0 Å². The van der Waals surface area contributed by atoms with Crippen LogP contribution >= 0.6 is 0 Å². The maximum atomic E-state index is 9.82. The van der Waals surface area contributed by atoms with Crippen LogP contribution < -0.4 is 0 Å². The number of aliphatic hydroxyl groups is 1. The molecule has 2 nitrogen and oxygen atoms in total. The van der Waals surface area contributed by atoms with E-state index in [-0.39, 0.29) is 11.5 Å². The molecule has 0 aromatic heterocycles. The summed E-state index contributed by atoms with van der Waals surface area (Å²) in [7, 11) is 0. The summed E-state index contributed by atoms with van der Waals surface area (Å²) in [6, 6.07) is 0. The number of hydrogen-bond donors (Lipinski definition) is 1. The summed E-state index contributed by atoms with van der Waals surface area (Å²) in [5.74, 6) is 0.626. The van der Waals surface area contributed by atoms with Gasteiger partial charge in [-0.15, -0.1) is 0 Å². The monoisotopic (exact) mass is 183 g/mol. The van der Waals surface area contributed by atoms with Crippen LogP contribution in [0.2, 0.25) is 0 Å². The zero-order valence-corrected chi connectivity index (χ0v) is 9.17. The van der Waals surface area contributed by atoms with E-state index in [1.54, 1.807) is 0 Å². The molecule has 0 unspecified atom stereocenters. The average Bonchev–Trinajstić information content (AvgIpc) is 2.00. The van der Waals surface area contributed by atoms with E-state index < -0.39 is 0 Å². The van der Waals surface area contributed by atoms with E-state index >= 15 is 0 Å². The fourth-order valence-electron chi connectivity index (χ4n) is 1.92. The van der Waals surface area contributed by atoms with E-state index in [1.165, 1.54) is 0 Å². The van der Waals surface area contributed by atoms with Gasteiger partial charge in [0.2, 0.25) is 0 Å². The Balaban J connectivity index is 2.73. The van der Waals surface area contributed by atoms with E-state index in [0.29, 0.717) is 5.92 Å². The third kappa shape index (κ3) is 2.31. The predicted octanol–water partition coefficient (Wildman–Crippen LogP) is 2.26. The summed E-state index contributed by atoms with van der Waals surface area (Å²) in [6.07, 6.45) is 1.51. The van der Waals surface area contributed by atoms with Crippen molar-refractivity contribution in [3.05, 3.63) is 0 Å². The lowest BCUT2D eigenvalue weighted by Gasteiger charge is -2.39. The molecule has 1 N–H and O–H groups in total. The van der Waals surface area contributed by atoms with Gasteiger partial charge in [0.15, 0.2) is 0 Å². The van der Waals surface area contributed by atoms with E-state index in [2.05, 4.69) is 25.8 Å². The molecule has 0 aromatic carbocycles. The van der Waals surface area contributed by atoms with Gasteiger partial charge >= 0.3 is 0 Å². The molecular weight excluding hydrogens is 162 g/mol. The highest BCUT2D eigenvalue weighted by molar-refractivity contribution is 5.89. The molecule has 0 aliphatic heterocycles. The molecule has 1 aliphatic carbocycles. The highest BCUT2D eigenvalue weighted by Gasteiger charge is 2.36. The van der Waals surface area contributed by atoms with Crippen LogP contribution in [-0.2, 0) is 0 Å². The fraction of sp³-hybridized carbons (Fsp3) is 0.909. The average molecular weight is 183 g/mol. The first-order chi connectivity index (χ1) is 5.97. The summed E-state index contributed by atoms with van der Waals surface area (Å²) < 4.78 is 0. The first kappa shape index (κ1) is 10.7. The topological polar surface area (TPSA) is 32.6 Å². The summed E-state index contributed by atoms with van der Waals surface area (Å²) in [5, 5.41) is 9.82. The molecule has 0 heterocycles. The molecule has 0 amide bonds. The minimum absolute atomic E-state index is 0.256. The number of aliphatic imine (C=N–C) groups is 1. The molecule has 0 saturated heterocycles. The largest absolute Gasteiger partial charge is 0.387 e. The van der Waals surface area contributed by atoms with Crippen molar-refractivity contribution < 1.29 is 5.11 Å². The lowest BCUT2D eigenvalue weighted by Crippen LogP contribution is -2.39. The van der Waals surface area contributed by atoms with E-state index in [1.807, 2.05) is 6.92 Å². The molecule has 13 heavy (non-hydrogen) atoms. The van der Waals surface area contributed by atoms with Crippen molar-refractivity contribution in [2.45, 2.75) is 46.6 Å². The standard InChI is InChI=1S/C11H21NO/c1-5-12-9-6-8(2)11(3,4)7-10(9)13/h8,10,13H,5-7H2,1-4H3/b12-9-/t8-,10+/m0/s1. The second-order valence-corrected chi connectivity index (χ2v) is 4.78. The number of nitrogens with zero attached hydrogens (tertiary/aromatic N) is 1. The van der Waals surface area contributed by atoms with E-state index in [0.717, 1.165) is 25.1 Å². The van der Waals surface area contributed by atoms with Gasteiger partial charge in [-0.1, -0.05) is 20.8 Å². The molecule has 1 fully saturated rings. The third-order valence-electron chi connectivity index (χ3n) is 3.31. The lowest BCUT2D eigenvalue weighted by molar-refractivity contribution is 0.102. The Morgan fingerprint density at radius 2 is 2.15 bits per heavy atom. The van der Waals surface area contributed by atoms with Gasteiger partial charge in [0.05, 0.1) is 6.10 Å². The van der Waals surface area contributed by atoms with Crippen LogP contribution in [0.1, 0.15) is 40.5 Å². The maximum absolute atomic E-state index is 9.82. The Kier molecular flexibility index (Phi) is 3.12. The Morgan fingerprint density at radius 1 is 1.54 bits per heavy atom. The van der Waals surface area contributed by atoms with Crippen LogP contribution in [0.4, 0.5) is 0 Å². The third-order valence-corrected chi connectivity index (χ3v) is 3.31. The summed E-state index contributed by atoms with van der Waals surface area (Å²) in [5.41, 5.74) is 1.26. The normalized spacial score (nSPS) is 36.5. The van der Waals surface area contributed by atoms with E-state index in [9.17, 15) is 5.11 Å². The summed E-state index contributed by atoms with van der Waals surface area (Å²) in [4.78, 5) is 4.35. The van der Waals surface area contributed by atoms with Gasteiger partial charge in [0.25, 0.3) is 0 Å².